The first-order chi connectivity index (χ1) is 8.88. The first-order valence-corrected chi connectivity index (χ1v) is 7.01. The van der Waals surface area contributed by atoms with Crippen molar-refractivity contribution in [2.24, 2.45) is 0 Å². The molecule has 0 aliphatic carbocycles. The molecule has 2 aromatic carbocycles. The normalized spacial score (nSPS) is 14.1. The van der Waals surface area contributed by atoms with Crippen LogP contribution >= 0.6 is 27.5 Å². The summed E-state index contributed by atoms with van der Waals surface area (Å²) in [6, 6.07) is 12.3. The Morgan fingerprint density at radius 2 is 1.95 bits per heavy atom. The second-order valence-corrected chi connectivity index (χ2v) is 6.07. The highest BCUT2D eigenvalue weighted by molar-refractivity contribution is 9.10. The number of halogens is 2. The highest BCUT2D eigenvalue weighted by Gasteiger charge is 2.26. The maximum absolute atomic E-state index is 10.6. The number of phenolic OH excluding ortho intramolecular Hbond substituents is 1. The van der Waals surface area contributed by atoms with Gasteiger partial charge in [0, 0.05) is 21.5 Å². The zero-order valence-electron chi connectivity index (χ0n) is 10.4. The monoisotopic (exact) mass is 340 g/mol. The Kier molecular flexibility index (Phi) is 4.19. The van der Waals surface area contributed by atoms with Crippen molar-refractivity contribution >= 4 is 27.5 Å². The predicted octanol–water partition coefficient (Wildman–Crippen LogP) is 4.26. The predicted molar refractivity (Wildman–Crippen MR) is 80.5 cm³/mol. The van der Waals surface area contributed by atoms with Crippen LogP contribution < -0.4 is 0 Å². The number of hydrogen-bond acceptors (Lipinski definition) is 2. The lowest BCUT2D eigenvalue weighted by Crippen LogP contribution is -2.24. The first kappa shape index (κ1) is 14.4. The number of aliphatic hydroxyl groups is 1. The third-order valence-electron chi connectivity index (χ3n) is 2.97. The van der Waals surface area contributed by atoms with Crippen LogP contribution in [0.1, 0.15) is 18.1 Å². The molecule has 0 aromatic heterocycles. The summed E-state index contributed by atoms with van der Waals surface area (Å²) in [7, 11) is 0. The van der Waals surface area contributed by atoms with Crippen LogP contribution in [0.25, 0.3) is 0 Å². The molecule has 0 aliphatic heterocycles. The van der Waals surface area contributed by atoms with E-state index < -0.39 is 5.60 Å². The fraction of sp³-hybridized carbons (Fsp3) is 0.200. The summed E-state index contributed by atoms with van der Waals surface area (Å²) >= 11 is 9.51. The second kappa shape index (κ2) is 5.53. The van der Waals surface area contributed by atoms with Gasteiger partial charge in [-0.15, -0.1) is 0 Å². The minimum absolute atomic E-state index is 0.190. The molecule has 2 N–H and O–H groups in total. The Bertz CT molecular complexity index is 596. The minimum Gasteiger partial charge on any atom is -0.508 e. The van der Waals surface area contributed by atoms with E-state index in [1.54, 1.807) is 37.3 Å². The van der Waals surface area contributed by atoms with Crippen molar-refractivity contribution in [1.82, 2.24) is 0 Å². The molecule has 1 atom stereocenters. The van der Waals surface area contributed by atoms with E-state index >= 15 is 0 Å². The van der Waals surface area contributed by atoms with Crippen LogP contribution in [0.4, 0.5) is 0 Å². The molecular weight excluding hydrogens is 328 g/mol. The van der Waals surface area contributed by atoms with E-state index in [1.165, 1.54) is 0 Å². The fourth-order valence-electron chi connectivity index (χ4n) is 2.09. The van der Waals surface area contributed by atoms with Gasteiger partial charge in [-0.05, 0) is 36.8 Å². The summed E-state index contributed by atoms with van der Waals surface area (Å²) in [5, 5.41) is 20.6. The van der Waals surface area contributed by atoms with Crippen LogP contribution in [0, 0.1) is 0 Å². The molecule has 0 bridgehead atoms. The molecule has 0 heterocycles. The lowest BCUT2D eigenvalue weighted by atomic mass is 9.89. The van der Waals surface area contributed by atoms with Crippen LogP contribution in [-0.4, -0.2) is 10.2 Å². The van der Waals surface area contributed by atoms with Gasteiger partial charge >= 0.3 is 0 Å². The molecule has 2 nitrogen and oxygen atoms in total. The van der Waals surface area contributed by atoms with Crippen molar-refractivity contribution in [1.29, 1.82) is 0 Å². The van der Waals surface area contributed by atoms with E-state index in [2.05, 4.69) is 15.9 Å². The summed E-state index contributed by atoms with van der Waals surface area (Å²) in [4.78, 5) is 0. The number of benzene rings is 2. The van der Waals surface area contributed by atoms with Gasteiger partial charge in [-0.2, -0.15) is 0 Å². The summed E-state index contributed by atoms with van der Waals surface area (Å²) in [6.45, 7) is 1.71. The maximum atomic E-state index is 10.6. The van der Waals surface area contributed by atoms with E-state index in [9.17, 15) is 10.2 Å². The Morgan fingerprint density at radius 1 is 1.21 bits per heavy atom. The molecule has 100 valence electrons. The largest absolute Gasteiger partial charge is 0.508 e. The van der Waals surface area contributed by atoms with Gasteiger partial charge in [0.1, 0.15) is 5.75 Å². The van der Waals surface area contributed by atoms with Gasteiger partial charge in [-0.3, -0.25) is 0 Å². The van der Waals surface area contributed by atoms with Crippen molar-refractivity contribution in [3.05, 3.63) is 63.1 Å². The van der Waals surface area contributed by atoms with Crippen molar-refractivity contribution in [3.63, 3.8) is 0 Å². The highest BCUT2D eigenvalue weighted by Crippen LogP contribution is 2.33. The van der Waals surface area contributed by atoms with E-state index in [-0.39, 0.29) is 5.75 Å². The van der Waals surface area contributed by atoms with Crippen LogP contribution in [0.15, 0.2) is 46.9 Å². The van der Waals surface area contributed by atoms with Gasteiger partial charge in [0.15, 0.2) is 0 Å². The van der Waals surface area contributed by atoms with Gasteiger partial charge in [-0.1, -0.05) is 45.7 Å². The fourth-order valence-corrected chi connectivity index (χ4v) is 2.96. The summed E-state index contributed by atoms with van der Waals surface area (Å²) in [6.07, 6.45) is 0.378. The third-order valence-corrected chi connectivity index (χ3v) is 3.78. The topological polar surface area (TPSA) is 40.5 Å². The molecule has 4 heteroatoms. The van der Waals surface area contributed by atoms with Crippen LogP contribution in [-0.2, 0) is 12.0 Å². The second-order valence-electron chi connectivity index (χ2n) is 4.74. The molecule has 0 aliphatic rings. The molecule has 0 fully saturated rings. The Labute approximate surface area is 125 Å². The zero-order chi connectivity index (χ0) is 14.0. The lowest BCUT2D eigenvalue weighted by Gasteiger charge is -2.25. The van der Waals surface area contributed by atoms with E-state index in [0.717, 1.165) is 10.0 Å². The van der Waals surface area contributed by atoms with Gasteiger partial charge in [0.05, 0.1) is 5.60 Å². The molecule has 0 saturated carbocycles. The smallest absolute Gasteiger partial charge is 0.115 e. The third kappa shape index (κ3) is 3.50. The Hall–Kier alpha value is -1.03. The van der Waals surface area contributed by atoms with Gasteiger partial charge in [-0.25, -0.2) is 0 Å². The van der Waals surface area contributed by atoms with Crippen molar-refractivity contribution in [3.8, 4) is 5.75 Å². The van der Waals surface area contributed by atoms with Crippen LogP contribution in [0.2, 0.25) is 5.02 Å². The number of phenols is 1. The quantitative estimate of drug-likeness (QED) is 0.876. The van der Waals surface area contributed by atoms with E-state index in [0.29, 0.717) is 17.0 Å². The Morgan fingerprint density at radius 3 is 2.58 bits per heavy atom. The van der Waals surface area contributed by atoms with Crippen molar-refractivity contribution in [2.45, 2.75) is 18.9 Å². The molecule has 1 unspecified atom stereocenters. The standard InChI is InChI=1S/C15H14BrClO2/c1-15(19,9-10-3-2-4-12(18)7-10)13-6-5-11(16)8-14(13)17/h2-8,18-19H,9H2,1H3. The number of rotatable bonds is 3. The first-order valence-electron chi connectivity index (χ1n) is 5.84. The summed E-state index contributed by atoms with van der Waals surface area (Å²) in [5.74, 6) is 0.190. The molecule has 2 aromatic rings. The van der Waals surface area contributed by atoms with Gasteiger partial charge in [0.25, 0.3) is 0 Å². The summed E-state index contributed by atoms with van der Waals surface area (Å²) < 4.78 is 0.870. The van der Waals surface area contributed by atoms with Crippen LogP contribution in [0.5, 0.6) is 5.75 Å². The summed E-state index contributed by atoms with van der Waals surface area (Å²) in [5.41, 5.74) is 0.427. The maximum Gasteiger partial charge on any atom is 0.115 e. The van der Waals surface area contributed by atoms with Crippen LogP contribution in [0.3, 0.4) is 0 Å². The zero-order valence-corrected chi connectivity index (χ0v) is 12.7. The Balaban J connectivity index is 2.31. The molecule has 0 amide bonds. The average molecular weight is 342 g/mol. The molecule has 0 saturated heterocycles. The van der Waals surface area contributed by atoms with Gasteiger partial charge < -0.3 is 10.2 Å². The highest BCUT2D eigenvalue weighted by atomic mass is 79.9. The molecule has 19 heavy (non-hydrogen) atoms. The average Bonchev–Trinajstić information content (AvgIpc) is 2.27. The molecule has 0 spiro atoms. The SMILES string of the molecule is CC(O)(Cc1cccc(O)c1)c1ccc(Br)cc1Cl. The minimum atomic E-state index is -1.09. The number of aromatic hydroxyl groups is 1. The van der Waals surface area contributed by atoms with E-state index in [1.807, 2.05) is 12.1 Å². The molecular formula is C15H14BrClO2. The van der Waals surface area contributed by atoms with Crippen molar-refractivity contribution < 1.29 is 10.2 Å². The lowest BCUT2D eigenvalue weighted by molar-refractivity contribution is 0.0577. The van der Waals surface area contributed by atoms with Gasteiger partial charge in [0.2, 0.25) is 0 Å². The van der Waals surface area contributed by atoms with Crippen molar-refractivity contribution in [2.75, 3.05) is 0 Å². The van der Waals surface area contributed by atoms with E-state index in [4.69, 9.17) is 11.6 Å². The molecule has 0 radical (unpaired) electrons. The number of hydrogen-bond donors (Lipinski definition) is 2. The molecule has 2 rings (SSSR count).